The molecule has 1 amide bonds. The highest BCUT2D eigenvalue weighted by Crippen LogP contribution is 2.29. The number of ether oxygens (including phenoxy) is 2. The number of amides is 1. The zero-order valence-electron chi connectivity index (χ0n) is 14.1. The summed E-state index contributed by atoms with van der Waals surface area (Å²) in [5.41, 5.74) is -0.974. The number of hydrogen-bond donors (Lipinski definition) is 2. The van der Waals surface area contributed by atoms with E-state index in [2.05, 4.69) is 4.74 Å². The molecule has 146 valence electrons. The molecule has 2 atom stereocenters. The Bertz CT molecular complexity index is 688. The first-order chi connectivity index (χ1) is 11.8. The van der Waals surface area contributed by atoms with Crippen LogP contribution in [0.1, 0.15) is 27.7 Å². The molecule has 0 aromatic heterocycles. The first-order valence-electron chi connectivity index (χ1n) is 7.17. The van der Waals surface area contributed by atoms with E-state index in [9.17, 15) is 36.6 Å². The van der Waals surface area contributed by atoms with E-state index in [4.69, 9.17) is 4.74 Å². The molecule has 6 nitrogen and oxygen atoms in total. The van der Waals surface area contributed by atoms with Gasteiger partial charge in [0.25, 0.3) is 0 Å². The summed E-state index contributed by atoms with van der Waals surface area (Å²) in [7, 11) is 0. The number of aliphatic hydroxyl groups excluding tert-OH is 1. The van der Waals surface area contributed by atoms with Crippen LogP contribution < -0.4 is 10.1 Å². The number of halogens is 5. The summed E-state index contributed by atoms with van der Waals surface area (Å²) in [4.78, 5) is 23.6. The maximum absolute atomic E-state index is 13.5. The van der Waals surface area contributed by atoms with E-state index in [1.54, 1.807) is 0 Å². The normalized spacial score (nSPS) is 13.8. The van der Waals surface area contributed by atoms with Crippen LogP contribution in [0.5, 0.6) is 5.75 Å². The zero-order chi connectivity index (χ0) is 20.4. The number of esters is 1. The van der Waals surface area contributed by atoms with Gasteiger partial charge in [0.15, 0.2) is 6.04 Å². The lowest BCUT2D eigenvalue weighted by Crippen LogP contribution is -2.50. The van der Waals surface area contributed by atoms with Gasteiger partial charge >= 0.3 is 12.1 Å². The van der Waals surface area contributed by atoms with Gasteiger partial charge in [0, 0.05) is 0 Å². The fourth-order valence-electron chi connectivity index (χ4n) is 1.65. The number of rotatable bonds is 4. The van der Waals surface area contributed by atoms with Crippen LogP contribution in [0.15, 0.2) is 0 Å². The summed E-state index contributed by atoms with van der Waals surface area (Å²) in [5, 5.41) is 11.4. The number of carbonyl (C=O) groups is 2. The Labute approximate surface area is 144 Å². The van der Waals surface area contributed by atoms with Crippen LogP contribution in [-0.4, -0.2) is 34.9 Å². The molecule has 0 radical (unpaired) electrons. The molecule has 11 heteroatoms. The van der Waals surface area contributed by atoms with Gasteiger partial charge < -0.3 is 19.9 Å². The van der Waals surface area contributed by atoms with Crippen molar-refractivity contribution in [3.05, 3.63) is 29.1 Å². The fourth-order valence-corrected chi connectivity index (χ4v) is 1.65. The molecule has 2 N–H and O–H groups in total. The molecule has 0 aliphatic carbocycles. The summed E-state index contributed by atoms with van der Waals surface area (Å²) in [6, 6.07) is -1.90. The number of alkyl carbamates (subject to hydrolysis) is 1. The Kier molecular flexibility index (Phi) is 6.53. The smallest absolute Gasteiger partial charge is 0.408 e. The van der Waals surface area contributed by atoms with Crippen molar-refractivity contribution in [1.82, 2.24) is 5.32 Å². The number of benzene rings is 1. The van der Waals surface area contributed by atoms with Gasteiger partial charge in [-0.25, -0.2) is 22.8 Å². The molecule has 0 aliphatic heterocycles. The molecule has 1 aromatic rings. The van der Waals surface area contributed by atoms with Crippen LogP contribution in [0.4, 0.5) is 26.7 Å². The van der Waals surface area contributed by atoms with Crippen LogP contribution in [-0.2, 0) is 9.53 Å². The second-order valence-corrected chi connectivity index (χ2v) is 6.18. The molecule has 26 heavy (non-hydrogen) atoms. The maximum atomic E-state index is 13.5. The number of carbonyl (C=O) groups excluding carboxylic acids is 2. The predicted molar refractivity (Wildman–Crippen MR) is 76.7 cm³/mol. The lowest BCUT2D eigenvalue weighted by Gasteiger charge is -2.24. The number of hydrogen-bond acceptors (Lipinski definition) is 5. The molecule has 0 heterocycles. The second-order valence-electron chi connectivity index (χ2n) is 6.18. The van der Waals surface area contributed by atoms with Crippen molar-refractivity contribution in [2.45, 2.75) is 45.4 Å². The average Bonchev–Trinajstić information content (AvgIpc) is 2.50. The Morgan fingerprint density at radius 1 is 0.962 bits per heavy atom. The van der Waals surface area contributed by atoms with Gasteiger partial charge in [0.1, 0.15) is 5.60 Å². The van der Waals surface area contributed by atoms with Gasteiger partial charge in [-0.05, 0) is 27.7 Å². The third-order valence-electron chi connectivity index (χ3n) is 2.78. The standard InChI is InChI=1S/C15H16F5NO5/c1-5(22)11(21-14(24)26-15(2,3)4)13(23)25-12-9(19)7(17)6(16)8(18)10(12)20/h5,11,22H,1-4H3,(H,21,24)/t5-,11+/m1/s1. The minimum atomic E-state index is -2.43. The minimum Gasteiger partial charge on any atom is -0.444 e. The van der Waals surface area contributed by atoms with Gasteiger partial charge in [0.2, 0.25) is 34.8 Å². The van der Waals surface area contributed by atoms with Crippen LogP contribution in [0, 0.1) is 29.1 Å². The topological polar surface area (TPSA) is 84.9 Å². The number of aliphatic hydroxyl groups is 1. The molecular formula is C15H16F5NO5. The van der Waals surface area contributed by atoms with Gasteiger partial charge in [-0.1, -0.05) is 0 Å². The van der Waals surface area contributed by atoms with Crippen molar-refractivity contribution in [3.63, 3.8) is 0 Å². The highest BCUT2D eigenvalue weighted by molar-refractivity contribution is 5.83. The molecule has 0 spiro atoms. The van der Waals surface area contributed by atoms with Crippen LogP contribution in [0.25, 0.3) is 0 Å². The molecule has 0 fully saturated rings. The predicted octanol–water partition coefficient (Wildman–Crippen LogP) is 2.56. The Morgan fingerprint density at radius 2 is 1.38 bits per heavy atom. The Balaban J connectivity index is 3.08. The summed E-state index contributed by atoms with van der Waals surface area (Å²) in [6.45, 7) is 5.51. The molecular weight excluding hydrogens is 369 g/mol. The largest absolute Gasteiger partial charge is 0.444 e. The molecule has 0 unspecified atom stereocenters. The van der Waals surface area contributed by atoms with Crippen molar-refractivity contribution in [2.24, 2.45) is 0 Å². The van der Waals surface area contributed by atoms with E-state index in [0.717, 1.165) is 6.92 Å². The fraction of sp³-hybridized carbons (Fsp3) is 0.467. The highest BCUT2D eigenvalue weighted by atomic mass is 19.2. The molecule has 1 aromatic carbocycles. The molecule has 0 saturated heterocycles. The van der Waals surface area contributed by atoms with Gasteiger partial charge in [-0.15, -0.1) is 0 Å². The lowest BCUT2D eigenvalue weighted by atomic mass is 10.2. The quantitative estimate of drug-likeness (QED) is 0.274. The molecule has 0 aliphatic rings. The van der Waals surface area contributed by atoms with Crippen LogP contribution in [0.2, 0.25) is 0 Å². The van der Waals surface area contributed by atoms with E-state index in [0.29, 0.717) is 0 Å². The monoisotopic (exact) mass is 385 g/mol. The van der Waals surface area contributed by atoms with Gasteiger partial charge in [-0.3, -0.25) is 0 Å². The van der Waals surface area contributed by atoms with E-state index < -0.39 is 64.6 Å². The summed E-state index contributed by atoms with van der Waals surface area (Å²) in [5.74, 6) is -15.4. The van der Waals surface area contributed by atoms with Crippen molar-refractivity contribution in [2.75, 3.05) is 0 Å². The average molecular weight is 385 g/mol. The molecule has 0 saturated carbocycles. The van der Waals surface area contributed by atoms with Crippen LogP contribution in [0.3, 0.4) is 0 Å². The number of nitrogens with one attached hydrogen (secondary N) is 1. The van der Waals surface area contributed by atoms with Crippen molar-refractivity contribution in [1.29, 1.82) is 0 Å². The van der Waals surface area contributed by atoms with E-state index >= 15 is 0 Å². The summed E-state index contributed by atoms with van der Waals surface area (Å²) < 4.78 is 75.3. The Morgan fingerprint density at radius 3 is 1.77 bits per heavy atom. The first kappa shape index (κ1) is 21.6. The van der Waals surface area contributed by atoms with Gasteiger partial charge in [0.05, 0.1) is 6.10 Å². The van der Waals surface area contributed by atoms with Crippen molar-refractivity contribution >= 4 is 12.1 Å². The summed E-state index contributed by atoms with van der Waals surface area (Å²) in [6.07, 6.45) is -2.82. The SMILES string of the molecule is C[C@@H](O)[C@H](NC(=O)OC(C)(C)C)C(=O)Oc1c(F)c(F)c(F)c(F)c1F. The summed E-state index contributed by atoms with van der Waals surface area (Å²) >= 11 is 0. The lowest BCUT2D eigenvalue weighted by molar-refractivity contribution is -0.139. The van der Waals surface area contributed by atoms with Crippen molar-refractivity contribution in [3.8, 4) is 5.75 Å². The van der Waals surface area contributed by atoms with E-state index in [-0.39, 0.29) is 0 Å². The zero-order valence-corrected chi connectivity index (χ0v) is 14.1. The first-order valence-corrected chi connectivity index (χ1v) is 7.17. The highest BCUT2D eigenvalue weighted by Gasteiger charge is 2.34. The van der Waals surface area contributed by atoms with Crippen LogP contribution >= 0.6 is 0 Å². The molecule has 0 bridgehead atoms. The molecule has 1 rings (SSSR count). The second kappa shape index (κ2) is 7.85. The van der Waals surface area contributed by atoms with E-state index in [1.165, 1.54) is 20.8 Å². The third-order valence-corrected chi connectivity index (χ3v) is 2.78. The minimum absolute atomic E-state index is 0.974. The van der Waals surface area contributed by atoms with Gasteiger partial charge in [-0.2, -0.15) is 8.78 Å². The third kappa shape index (κ3) is 5.04. The van der Waals surface area contributed by atoms with E-state index in [1.807, 2.05) is 5.32 Å². The van der Waals surface area contributed by atoms with Crippen molar-refractivity contribution < 1.29 is 46.1 Å². The maximum Gasteiger partial charge on any atom is 0.408 e. The Hall–Kier alpha value is -2.43.